The first-order valence-electron chi connectivity index (χ1n) is 6.13. The average Bonchev–Trinajstić information content (AvgIpc) is 2.14. The molecule has 0 radical (unpaired) electrons. The van der Waals surface area contributed by atoms with Crippen LogP contribution in [0.15, 0.2) is 0 Å². The molecular formula is C12H21NO4. The van der Waals surface area contributed by atoms with Gasteiger partial charge in [0.1, 0.15) is 0 Å². The second-order valence-corrected chi connectivity index (χ2v) is 5.09. The highest BCUT2D eigenvalue weighted by atomic mass is 16.4. The smallest absolute Gasteiger partial charge is 0.317 e. The molecule has 0 aromatic rings. The number of hydrogen-bond acceptors (Lipinski definition) is 3. The fourth-order valence-electron chi connectivity index (χ4n) is 2.66. The van der Waals surface area contributed by atoms with E-state index < -0.39 is 11.9 Å². The largest absolute Gasteiger partial charge is 0.480 e. The van der Waals surface area contributed by atoms with Gasteiger partial charge in [-0.25, -0.2) is 0 Å². The molecule has 0 saturated heterocycles. The van der Waals surface area contributed by atoms with Crippen molar-refractivity contribution in [2.45, 2.75) is 32.6 Å². The number of carboxylic acid groups (broad SMARTS) is 2. The molecule has 0 amide bonds. The Labute approximate surface area is 101 Å². The molecule has 2 N–H and O–H groups in total. The number of hydrogen-bond donors (Lipinski definition) is 2. The molecule has 1 aliphatic carbocycles. The van der Waals surface area contributed by atoms with E-state index in [0.29, 0.717) is 18.4 Å². The lowest BCUT2D eigenvalue weighted by Crippen LogP contribution is -2.38. The van der Waals surface area contributed by atoms with Crippen LogP contribution in [0, 0.1) is 11.8 Å². The zero-order valence-electron chi connectivity index (χ0n) is 10.3. The Morgan fingerprint density at radius 2 is 1.76 bits per heavy atom. The SMILES string of the molecule is CC1CCCC(CN(CC(=O)O)CC(=O)O)C1. The molecule has 1 saturated carbocycles. The van der Waals surface area contributed by atoms with Crippen molar-refractivity contribution in [2.75, 3.05) is 19.6 Å². The van der Waals surface area contributed by atoms with Gasteiger partial charge in [0.2, 0.25) is 0 Å². The van der Waals surface area contributed by atoms with Crippen molar-refractivity contribution in [2.24, 2.45) is 11.8 Å². The second-order valence-electron chi connectivity index (χ2n) is 5.09. The van der Waals surface area contributed by atoms with Crippen LogP contribution in [0.4, 0.5) is 0 Å². The Balaban J connectivity index is 2.46. The summed E-state index contributed by atoms with van der Waals surface area (Å²) < 4.78 is 0. The molecule has 5 nitrogen and oxygen atoms in total. The summed E-state index contributed by atoms with van der Waals surface area (Å²) in [6.45, 7) is 2.42. The van der Waals surface area contributed by atoms with Crippen molar-refractivity contribution in [1.29, 1.82) is 0 Å². The standard InChI is InChI=1S/C12H21NO4/c1-9-3-2-4-10(5-9)6-13(7-11(14)15)8-12(16)17/h9-10H,2-8H2,1H3,(H,14,15)(H,16,17). The molecular weight excluding hydrogens is 222 g/mol. The second kappa shape index (κ2) is 6.59. The van der Waals surface area contributed by atoms with E-state index in [1.54, 1.807) is 0 Å². The summed E-state index contributed by atoms with van der Waals surface area (Å²) in [5.74, 6) is -0.812. The normalized spacial score (nSPS) is 24.8. The Hall–Kier alpha value is -1.10. The molecule has 1 fully saturated rings. The van der Waals surface area contributed by atoms with Gasteiger partial charge in [0.15, 0.2) is 0 Å². The molecule has 2 unspecified atom stereocenters. The van der Waals surface area contributed by atoms with E-state index in [1.807, 2.05) is 0 Å². The van der Waals surface area contributed by atoms with E-state index in [9.17, 15) is 9.59 Å². The summed E-state index contributed by atoms with van der Waals surface area (Å²) in [6, 6.07) is 0. The predicted octanol–water partition coefficient (Wildman–Crippen LogP) is 1.28. The molecule has 0 aliphatic heterocycles. The van der Waals surface area contributed by atoms with Gasteiger partial charge in [-0.3, -0.25) is 14.5 Å². The van der Waals surface area contributed by atoms with E-state index in [-0.39, 0.29) is 13.1 Å². The fraction of sp³-hybridized carbons (Fsp3) is 0.833. The summed E-state index contributed by atoms with van der Waals surface area (Å²) in [5, 5.41) is 17.5. The van der Waals surface area contributed by atoms with E-state index in [2.05, 4.69) is 6.92 Å². The van der Waals surface area contributed by atoms with Crippen LogP contribution >= 0.6 is 0 Å². The number of carbonyl (C=O) groups is 2. The highest BCUT2D eigenvalue weighted by molar-refractivity contribution is 5.72. The van der Waals surface area contributed by atoms with Crippen molar-refractivity contribution < 1.29 is 19.8 Å². The number of aliphatic carboxylic acids is 2. The third-order valence-electron chi connectivity index (χ3n) is 3.28. The number of rotatable bonds is 6. The monoisotopic (exact) mass is 243 g/mol. The van der Waals surface area contributed by atoms with Gasteiger partial charge in [-0.2, -0.15) is 0 Å². The molecule has 0 spiro atoms. The molecule has 2 atom stereocenters. The van der Waals surface area contributed by atoms with Gasteiger partial charge in [0.25, 0.3) is 0 Å². The maximum atomic E-state index is 10.7. The van der Waals surface area contributed by atoms with Gasteiger partial charge in [-0.05, 0) is 24.7 Å². The first-order valence-corrected chi connectivity index (χ1v) is 6.13. The molecule has 17 heavy (non-hydrogen) atoms. The van der Waals surface area contributed by atoms with Crippen molar-refractivity contribution in [3.63, 3.8) is 0 Å². The zero-order chi connectivity index (χ0) is 12.8. The number of carboxylic acids is 2. The lowest BCUT2D eigenvalue weighted by Gasteiger charge is -2.30. The topological polar surface area (TPSA) is 77.8 Å². The summed E-state index contributed by atoms with van der Waals surface area (Å²) >= 11 is 0. The quantitative estimate of drug-likeness (QED) is 0.735. The van der Waals surface area contributed by atoms with Gasteiger partial charge in [-0.15, -0.1) is 0 Å². The van der Waals surface area contributed by atoms with Crippen molar-refractivity contribution in [3.05, 3.63) is 0 Å². The molecule has 0 aromatic carbocycles. The van der Waals surface area contributed by atoms with Crippen LogP contribution in [0.1, 0.15) is 32.6 Å². The van der Waals surface area contributed by atoms with Crippen LogP contribution in [0.3, 0.4) is 0 Å². The van der Waals surface area contributed by atoms with Crippen LogP contribution in [0.25, 0.3) is 0 Å². The Bertz CT molecular complexity index is 264. The maximum Gasteiger partial charge on any atom is 0.317 e. The molecule has 0 bridgehead atoms. The van der Waals surface area contributed by atoms with Gasteiger partial charge < -0.3 is 10.2 Å². The Morgan fingerprint density at radius 1 is 1.18 bits per heavy atom. The average molecular weight is 243 g/mol. The first kappa shape index (κ1) is 14.0. The summed E-state index contributed by atoms with van der Waals surface area (Å²) in [6.07, 6.45) is 4.56. The van der Waals surface area contributed by atoms with E-state index in [4.69, 9.17) is 10.2 Å². The maximum absolute atomic E-state index is 10.7. The third-order valence-corrected chi connectivity index (χ3v) is 3.28. The summed E-state index contributed by atoms with van der Waals surface area (Å²) in [5.41, 5.74) is 0. The first-order chi connectivity index (χ1) is 7.97. The number of nitrogens with zero attached hydrogens (tertiary/aromatic N) is 1. The minimum absolute atomic E-state index is 0.183. The van der Waals surface area contributed by atoms with Gasteiger partial charge in [0.05, 0.1) is 13.1 Å². The van der Waals surface area contributed by atoms with Crippen LogP contribution in [-0.4, -0.2) is 46.7 Å². The molecule has 98 valence electrons. The fourth-order valence-corrected chi connectivity index (χ4v) is 2.66. The molecule has 5 heteroatoms. The minimum atomic E-state index is -0.963. The van der Waals surface area contributed by atoms with E-state index in [1.165, 1.54) is 17.7 Å². The van der Waals surface area contributed by atoms with Crippen molar-refractivity contribution in [3.8, 4) is 0 Å². The Kier molecular flexibility index (Phi) is 5.41. The highest BCUT2D eigenvalue weighted by Gasteiger charge is 2.23. The van der Waals surface area contributed by atoms with E-state index >= 15 is 0 Å². The highest BCUT2D eigenvalue weighted by Crippen LogP contribution is 2.28. The molecule has 1 rings (SSSR count). The minimum Gasteiger partial charge on any atom is -0.480 e. The zero-order valence-corrected chi connectivity index (χ0v) is 10.3. The van der Waals surface area contributed by atoms with Crippen molar-refractivity contribution >= 4 is 11.9 Å². The van der Waals surface area contributed by atoms with Crippen molar-refractivity contribution in [1.82, 2.24) is 4.90 Å². The van der Waals surface area contributed by atoms with Crippen LogP contribution < -0.4 is 0 Å². The Morgan fingerprint density at radius 3 is 2.24 bits per heavy atom. The van der Waals surface area contributed by atoms with Gasteiger partial charge in [-0.1, -0.05) is 19.8 Å². The summed E-state index contributed by atoms with van der Waals surface area (Å²) in [4.78, 5) is 22.8. The van der Waals surface area contributed by atoms with Crippen LogP contribution in [-0.2, 0) is 9.59 Å². The third kappa shape index (κ3) is 5.68. The van der Waals surface area contributed by atoms with Gasteiger partial charge >= 0.3 is 11.9 Å². The van der Waals surface area contributed by atoms with Crippen LogP contribution in [0.5, 0.6) is 0 Å². The lowest BCUT2D eigenvalue weighted by atomic mass is 9.82. The summed E-state index contributed by atoms with van der Waals surface area (Å²) in [7, 11) is 0. The van der Waals surface area contributed by atoms with E-state index in [0.717, 1.165) is 12.8 Å². The predicted molar refractivity (Wildman–Crippen MR) is 62.8 cm³/mol. The molecule has 0 aromatic heterocycles. The lowest BCUT2D eigenvalue weighted by molar-refractivity contribution is -0.142. The molecule has 1 aliphatic rings. The van der Waals surface area contributed by atoms with Crippen LogP contribution in [0.2, 0.25) is 0 Å². The molecule has 0 heterocycles. The van der Waals surface area contributed by atoms with Gasteiger partial charge in [0, 0.05) is 6.54 Å².